The zero-order valence-electron chi connectivity index (χ0n) is 27.9. The summed E-state index contributed by atoms with van der Waals surface area (Å²) in [6.07, 6.45) is 4.49. The second kappa shape index (κ2) is 17.5. The Morgan fingerprint density at radius 3 is 2.22 bits per heavy atom. The van der Waals surface area contributed by atoms with E-state index in [-0.39, 0.29) is 12.4 Å². The minimum atomic E-state index is -0.752. The summed E-state index contributed by atoms with van der Waals surface area (Å²) in [5.41, 5.74) is 3.34. The van der Waals surface area contributed by atoms with Crippen molar-refractivity contribution in [2.45, 2.75) is 38.0 Å². The number of carbonyl (C=O) groups excluding carboxylic acids is 2. The number of pyridine rings is 1. The van der Waals surface area contributed by atoms with Crippen molar-refractivity contribution in [1.29, 1.82) is 0 Å². The smallest absolute Gasteiger partial charge is 0.338 e. The Balaban J connectivity index is 1.27. The third-order valence-electron chi connectivity index (χ3n) is 8.74. The molecule has 1 fully saturated rings. The lowest BCUT2D eigenvalue weighted by atomic mass is 9.98. The first-order valence-electron chi connectivity index (χ1n) is 16.2. The molecule has 1 aliphatic heterocycles. The number of hydrogen-bond acceptors (Lipinski definition) is 9. The minimum absolute atomic E-state index is 0.207. The largest absolute Gasteiger partial charge is 0.493 e. The third kappa shape index (κ3) is 9.73. The summed E-state index contributed by atoms with van der Waals surface area (Å²) in [7, 11) is 5.20. The number of hydrogen-bond donors (Lipinski definition) is 1. The van der Waals surface area contributed by atoms with Gasteiger partial charge in [-0.3, -0.25) is 10.3 Å². The average Bonchev–Trinajstić information content (AvgIpc) is 3.13. The molecule has 0 radical (unpaired) electrons. The highest BCUT2D eigenvalue weighted by molar-refractivity contribution is 6.35. The molecule has 11 heteroatoms. The van der Waals surface area contributed by atoms with E-state index in [0.717, 1.165) is 37.1 Å². The van der Waals surface area contributed by atoms with E-state index in [1.54, 1.807) is 37.4 Å². The number of nitrogens with zero attached hydrogens (tertiary/aromatic N) is 2. The van der Waals surface area contributed by atoms with Crippen LogP contribution >= 0.6 is 23.2 Å². The van der Waals surface area contributed by atoms with Crippen LogP contribution in [0.1, 0.15) is 57.6 Å². The fourth-order valence-electron chi connectivity index (χ4n) is 5.77. The molecule has 2 atom stereocenters. The second-order valence-electron chi connectivity index (χ2n) is 12.1. The fraction of sp³-hybridized carbons (Fsp3) is 0.342. The molecule has 0 saturated carbocycles. The lowest BCUT2D eigenvalue weighted by molar-refractivity contribution is -0.148. The summed E-state index contributed by atoms with van der Waals surface area (Å²) in [5.74, 6) is 0.569. The molecule has 5 rings (SSSR count). The number of nitrogens with one attached hydrogen (secondary N) is 1. The van der Waals surface area contributed by atoms with Gasteiger partial charge < -0.3 is 23.8 Å². The first kappa shape index (κ1) is 36.1. The van der Waals surface area contributed by atoms with Crippen LogP contribution in [0.5, 0.6) is 11.5 Å². The number of methoxy groups -OCH3 is 2. The van der Waals surface area contributed by atoms with Gasteiger partial charge in [0, 0.05) is 25.4 Å². The molecular formula is C38H41Cl2N3O6. The quantitative estimate of drug-likeness (QED) is 0.136. The molecule has 0 spiro atoms. The van der Waals surface area contributed by atoms with Crippen LogP contribution in [0.4, 0.5) is 0 Å². The molecule has 3 aromatic carbocycles. The first-order chi connectivity index (χ1) is 23.7. The van der Waals surface area contributed by atoms with E-state index in [9.17, 15) is 9.59 Å². The van der Waals surface area contributed by atoms with E-state index < -0.39 is 18.1 Å². The lowest BCUT2D eigenvalue weighted by Gasteiger charge is -2.29. The predicted octanol–water partition coefficient (Wildman–Crippen LogP) is 7.26. The number of rotatable bonds is 14. The van der Waals surface area contributed by atoms with E-state index >= 15 is 0 Å². The Kier molecular flexibility index (Phi) is 12.9. The SMILES string of the molecule is COc1ccc([C@H](Cc2c(Cl)cncc2Cl)OC(=O)c2ccc(CNC(C(=O)OCC3CCN(C)CC3)c3ccccc3)cc2)cc1OC. The van der Waals surface area contributed by atoms with Crippen molar-refractivity contribution in [1.82, 2.24) is 15.2 Å². The molecule has 1 saturated heterocycles. The number of piperidine rings is 1. The van der Waals surface area contributed by atoms with Crippen LogP contribution in [-0.4, -0.2) is 62.8 Å². The molecule has 1 unspecified atom stereocenters. The molecule has 0 amide bonds. The van der Waals surface area contributed by atoms with E-state index in [1.165, 1.54) is 19.5 Å². The van der Waals surface area contributed by atoms with Crippen LogP contribution in [0.3, 0.4) is 0 Å². The lowest BCUT2D eigenvalue weighted by Crippen LogP contribution is -2.34. The maximum Gasteiger partial charge on any atom is 0.338 e. The Hall–Kier alpha value is -4.15. The number of benzene rings is 3. The third-order valence-corrected chi connectivity index (χ3v) is 9.39. The Morgan fingerprint density at radius 1 is 0.898 bits per heavy atom. The van der Waals surface area contributed by atoms with Gasteiger partial charge in [0.05, 0.1) is 36.4 Å². The highest BCUT2D eigenvalue weighted by Gasteiger charge is 2.26. The molecule has 0 aliphatic carbocycles. The van der Waals surface area contributed by atoms with E-state index in [1.807, 2.05) is 42.5 Å². The van der Waals surface area contributed by atoms with E-state index in [4.69, 9.17) is 42.1 Å². The Labute approximate surface area is 297 Å². The summed E-state index contributed by atoms with van der Waals surface area (Å²) >= 11 is 12.9. The number of aromatic nitrogens is 1. The van der Waals surface area contributed by atoms with Gasteiger partial charge in [0.25, 0.3) is 0 Å². The summed E-state index contributed by atoms with van der Waals surface area (Å²) in [5, 5.41) is 4.09. The average molecular weight is 707 g/mol. The normalized spacial score (nSPS) is 14.9. The van der Waals surface area contributed by atoms with Crippen molar-refractivity contribution in [3.63, 3.8) is 0 Å². The number of likely N-dealkylation sites (tertiary alicyclic amines) is 1. The van der Waals surface area contributed by atoms with E-state index in [0.29, 0.717) is 57.3 Å². The van der Waals surface area contributed by atoms with Gasteiger partial charge in [-0.05, 0) is 85.4 Å². The van der Waals surface area contributed by atoms with Crippen LogP contribution in [-0.2, 0) is 27.2 Å². The van der Waals surface area contributed by atoms with Crippen molar-refractivity contribution in [2.24, 2.45) is 5.92 Å². The van der Waals surface area contributed by atoms with Gasteiger partial charge >= 0.3 is 11.9 Å². The Morgan fingerprint density at radius 2 is 1.57 bits per heavy atom. The van der Waals surface area contributed by atoms with Crippen LogP contribution in [0.25, 0.3) is 0 Å². The summed E-state index contributed by atoms with van der Waals surface area (Å²) in [6, 6.07) is 21.3. The van der Waals surface area contributed by atoms with Crippen molar-refractivity contribution >= 4 is 35.1 Å². The summed E-state index contributed by atoms with van der Waals surface area (Å²) in [4.78, 5) is 33.1. The maximum absolute atomic E-state index is 13.5. The molecule has 1 aromatic heterocycles. The molecule has 258 valence electrons. The summed E-state index contributed by atoms with van der Waals surface area (Å²) < 4.78 is 22.8. The monoisotopic (exact) mass is 705 g/mol. The molecule has 0 bridgehead atoms. The number of carbonyl (C=O) groups is 2. The van der Waals surface area contributed by atoms with Crippen LogP contribution in [0, 0.1) is 5.92 Å². The van der Waals surface area contributed by atoms with Gasteiger partial charge in [0.15, 0.2) is 11.5 Å². The Bertz CT molecular complexity index is 1680. The zero-order valence-corrected chi connectivity index (χ0v) is 29.4. The van der Waals surface area contributed by atoms with Crippen molar-refractivity contribution in [3.8, 4) is 11.5 Å². The van der Waals surface area contributed by atoms with Gasteiger partial charge in [-0.1, -0.05) is 71.7 Å². The van der Waals surface area contributed by atoms with Gasteiger partial charge in [0.1, 0.15) is 12.1 Å². The predicted molar refractivity (Wildman–Crippen MR) is 189 cm³/mol. The first-order valence-corrected chi connectivity index (χ1v) is 16.9. The van der Waals surface area contributed by atoms with Gasteiger partial charge in [-0.2, -0.15) is 0 Å². The highest BCUT2D eigenvalue weighted by Crippen LogP contribution is 2.35. The molecule has 1 N–H and O–H groups in total. The minimum Gasteiger partial charge on any atom is -0.493 e. The number of ether oxygens (including phenoxy) is 4. The number of halogens is 2. The van der Waals surface area contributed by atoms with Crippen molar-refractivity contribution in [3.05, 3.63) is 123 Å². The summed E-state index contributed by atoms with van der Waals surface area (Å²) in [6.45, 7) is 2.82. The van der Waals surface area contributed by atoms with Crippen LogP contribution < -0.4 is 14.8 Å². The van der Waals surface area contributed by atoms with Crippen LogP contribution in [0.2, 0.25) is 10.0 Å². The zero-order chi connectivity index (χ0) is 34.8. The standard InChI is InChI=1S/C38H41Cl2N3O6/c1-43-17-15-26(16-18-43)24-48-38(45)36(27-7-5-4-6-8-27)42-21-25-9-11-28(12-10-25)37(44)49-34(20-30-31(39)22-41-23-32(30)40)29-13-14-33(46-2)35(19-29)47-3/h4-14,19,22-23,26,34,36,42H,15-18,20-21,24H2,1-3H3/t34-,36?/m0/s1. The van der Waals surface area contributed by atoms with Gasteiger partial charge in [-0.25, -0.2) is 9.59 Å². The van der Waals surface area contributed by atoms with Gasteiger partial charge in [-0.15, -0.1) is 0 Å². The van der Waals surface area contributed by atoms with Crippen molar-refractivity contribution < 1.29 is 28.5 Å². The molecule has 9 nitrogen and oxygen atoms in total. The topological polar surface area (TPSA) is 99.2 Å². The van der Waals surface area contributed by atoms with Gasteiger partial charge in [0.2, 0.25) is 0 Å². The van der Waals surface area contributed by atoms with Crippen molar-refractivity contribution in [2.75, 3.05) is 41.0 Å². The molecule has 2 heterocycles. The molecular weight excluding hydrogens is 665 g/mol. The maximum atomic E-state index is 13.5. The highest BCUT2D eigenvalue weighted by atomic mass is 35.5. The second-order valence-corrected chi connectivity index (χ2v) is 12.9. The van der Waals surface area contributed by atoms with E-state index in [2.05, 4.69) is 22.2 Å². The molecule has 1 aliphatic rings. The molecule has 4 aromatic rings. The molecule has 49 heavy (non-hydrogen) atoms. The number of esters is 2. The van der Waals surface area contributed by atoms with Crippen LogP contribution in [0.15, 0.2) is 85.2 Å². The fourth-order valence-corrected chi connectivity index (χ4v) is 6.29.